The summed E-state index contributed by atoms with van der Waals surface area (Å²) in [6, 6.07) is 1.42. The second-order valence-corrected chi connectivity index (χ2v) is 2.91. The van der Waals surface area contributed by atoms with Gasteiger partial charge in [-0.3, -0.25) is 0 Å². The van der Waals surface area contributed by atoms with E-state index in [1.54, 1.807) is 0 Å². The molecule has 1 aromatic heterocycles. The zero-order valence-electron chi connectivity index (χ0n) is 7.93. The van der Waals surface area contributed by atoms with E-state index in [0.717, 1.165) is 0 Å². The zero-order valence-corrected chi connectivity index (χ0v) is 7.93. The summed E-state index contributed by atoms with van der Waals surface area (Å²) < 4.78 is 39.4. The summed E-state index contributed by atoms with van der Waals surface area (Å²) in [6.07, 6.45) is -4.77. The first kappa shape index (κ1) is 11.6. The van der Waals surface area contributed by atoms with E-state index in [4.69, 9.17) is 11.5 Å². The van der Waals surface area contributed by atoms with Crippen molar-refractivity contribution >= 4 is 5.82 Å². The molecule has 84 valence electrons. The van der Waals surface area contributed by atoms with Gasteiger partial charge in [-0.1, -0.05) is 0 Å². The molecule has 1 rings (SSSR count). The summed E-state index contributed by atoms with van der Waals surface area (Å²) in [5, 5.41) is 0. The number of rotatable bonds is 2. The molecule has 0 amide bonds. The van der Waals surface area contributed by atoms with Gasteiger partial charge in [0.2, 0.25) is 5.88 Å². The number of aromatic nitrogens is 1. The van der Waals surface area contributed by atoms with E-state index in [9.17, 15) is 13.2 Å². The van der Waals surface area contributed by atoms with Crippen molar-refractivity contribution in [2.75, 3.05) is 5.73 Å². The molecule has 1 heterocycles. The lowest BCUT2D eigenvalue weighted by Gasteiger charge is -2.12. The van der Waals surface area contributed by atoms with Crippen LogP contribution in [0.2, 0.25) is 0 Å². The lowest BCUT2D eigenvalue weighted by atomic mass is 10.2. The van der Waals surface area contributed by atoms with E-state index in [0.29, 0.717) is 5.56 Å². The molecule has 0 aliphatic rings. The fourth-order valence-electron chi connectivity index (χ4n) is 1.04. The van der Waals surface area contributed by atoms with Gasteiger partial charge < -0.3 is 16.2 Å². The maximum Gasteiger partial charge on any atom is 0.574 e. The molecule has 7 heteroatoms. The predicted molar refractivity (Wildman–Crippen MR) is 48.0 cm³/mol. The number of nitrogen functional groups attached to an aromatic ring is 1. The molecule has 1 aromatic rings. The van der Waals surface area contributed by atoms with Crippen molar-refractivity contribution in [3.63, 3.8) is 0 Å². The highest BCUT2D eigenvalue weighted by molar-refractivity contribution is 5.45. The first-order valence-electron chi connectivity index (χ1n) is 4.05. The van der Waals surface area contributed by atoms with Gasteiger partial charge >= 0.3 is 6.36 Å². The Hall–Kier alpha value is -1.50. The Labute approximate surface area is 84.0 Å². The Bertz CT molecular complexity index is 365. The van der Waals surface area contributed by atoms with E-state index in [1.807, 2.05) is 0 Å². The summed E-state index contributed by atoms with van der Waals surface area (Å²) in [5.41, 5.74) is 11.4. The number of nitrogens with zero attached hydrogens (tertiary/aromatic N) is 1. The van der Waals surface area contributed by atoms with Crippen molar-refractivity contribution in [1.29, 1.82) is 0 Å². The van der Waals surface area contributed by atoms with Crippen LogP contribution in [0.4, 0.5) is 19.0 Å². The van der Waals surface area contributed by atoms with Crippen molar-refractivity contribution in [1.82, 2.24) is 4.98 Å². The fraction of sp³-hybridized carbons (Fsp3) is 0.375. The fourth-order valence-corrected chi connectivity index (χ4v) is 1.04. The number of nitrogens with two attached hydrogens (primary N) is 2. The normalized spacial score (nSPS) is 11.5. The van der Waals surface area contributed by atoms with Gasteiger partial charge in [-0.25, -0.2) is 0 Å². The molecule has 0 aromatic carbocycles. The lowest BCUT2D eigenvalue weighted by molar-refractivity contribution is -0.276. The minimum Gasteiger partial charge on any atom is -0.388 e. The first-order chi connectivity index (χ1) is 6.83. The third-order valence-electron chi connectivity index (χ3n) is 1.71. The Morgan fingerprint density at radius 1 is 1.47 bits per heavy atom. The molecule has 0 atom stereocenters. The highest BCUT2D eigenvalue weighted by atomic mass is 19.4. The van der Waals surface area contributed by atoms with Crippen LogP contribution in [-0.2, 0) is 6.54 Å². The van der Waals surface area contributed by atoms with Gasteiger partial charge in [-0.15, -0.1) is 13.2 Å². The van der Waals surface area contributed by atoms with Crippen LogP contribution in [0.15, 0.2) is 6.07 Å². The quantitative estimate of drug-likeness (QED) is 0.790. The third-order valence-corrected chi connectivity index (χ3v) is 1.71. The molecule has 0 aliphatic heterocycles. The minimum atomic E-state index is -4.77. The average molecular weight is 221 g/mol. The molecule has 0 fully saturated rings. The highest BCUT2D eigenvalue weighted by Crippen LogP contribution is 2.26. The number of hydrogen-bond acceptors (Lipinski definition) is 4. The number of ether oxygens (including phenoxy) is 1. The maximum absolute atomic E-state index is 11.9. The molecule has 15 heavy (non-hydrogen) atoms. The SMILES string of the molecule is Cc1cc(CN)c(N)nc1OC(F)(F)F. The monoisotopic (exact) mass is 221 g/mol. The molecular formula is C8H10F3N3O. The topological polar surface area (TPSA) is 74.2 Å². The van der Waals surface area contributed by atoms with Crippen LogP contribution in [0.1, 0.15) is 11.1 Å². The third kappa shape index (κ3) is 2.98. The van der Waals surface area contributed by atoms with Gasteiger partial charge in [0.1, 0.15) is 5.82 Å². The number of alkyl halides is 3. The number of pyridine rings is 1. The first-order valence-corrected chi connectivity index (χ1v) is 4.05. The minimum absolute atomic E-state index is 0.0534. The molecular weight excluding hydrogens is 211 g/mol. The van der Waals surface area contributed by atoms with Crippen molar-refractivity contribution in [3.05, 3.63) is 17.2 Å². The largest absolute Gasteiger partial charge is 0.574 e. The Morgan fingerprint density at radius 2 is 2.07 bits per heavy atom. The van der Waals surface area contributed by atoms with Crippen LogP contribution in [0.25, 0.3) is 0 Å². The van der Waals surface area contributed by atoms with Gasteiger partial charge in [0.25, 0.3) is 0 Å². The van der Waals surface area contributed by atoms with E-state index in [2.05, 4.69) is 9.72 Å². The van der Waals surface area contributed by atoms with Gasteiger partial charge in [-0.05, 0) is 13.0 Å². The van der Waals surface area contributed by atoms with E-state index >= 15 is 0 Å². The molecule has 4 nitrogen and oxygen atoms in total. The maximum atomic E-state index is 11.9. The summed E-state index contributed by atoms with van der Waals surface area (Å²) in [7, 11) is 0. The smallest absolute Gasteiger partial charge is 0.388 e. The zero-order chi connectivity index (χ0) is 11.6. The van der Waals surface area contributed by atoms with Crippen LogP contribution in [0.5, 0.6) is 5.88 Å². The van der Waals surface area contributed by atoms with Crippen molar-refractivity contribution in [3.8, 4) is 5.88 Å². The molecule has 0 radical (unpaired) electrons. The van der Waals surface area contributed by atoms with Crippen molar-refractivity contribution in [2.24, 2.45) is 5.73 Å². The number of hydrogen-bond donors (Lipinski definition) is 2. The average Bonchev–Trinajstić information content (AvgIpc) is 2.08. The van der Waals surface area contributed by atoms with E-state index in [-0.39, 0.29) is 17.9 Å². The summed E-state index contributed by atoms with van der Waals surface area (Å²) in [4.78, 5) is 3.48. The standard InChI is InChI=1S/C8H10F3N3O/c1-4-2-5(3-12)6(13)14-7(4)15-8(9,10)11/h2H,3,12H2,1H3,(H2,13,14). The van der Waals surface area contributed by atoms with Gasteiger partial charge in [0, 0.05) is 17.7 Å². The molecule has 0 bridgehead atoms. The molecule has 0 unspecified atom stereocenters. The van der Waals surface area contributed by atoms with Crippen LogP contribution < -0.4 is 16.2 Å². The highest BCUT2D eigenvalue weighted by Gasteiger charge is 2.32. The number of anilines is 1. The Balaban J connectivity index is 3.05. The van der Waals surface area contributed by atoms with E-state index in [1.165, 1.54) is 13.0 Å². The molecule has 0 saturated heterocycles. The lowest BCUT2D eigenvalue weighted by Crippen LogP contribution is -2.19. The molecule has 4 N–H and O–H groups in total. The van der Waals surface area contributed by atoms with Gasteiger partial charge in [-0.2, -0.15) is 4.98 Å². The Kier molecular flexibility index (Phi) is 3.04. The molecule has 0 spiro atoms. The van der Waals surface area contributed by atoms with Crippen LogP contribution >= 0.6 is 0 Å². The summed E-state index contributed by atoms with van der Waals surface area (Å²) in [5.74, 6) is -0.598. The van der Waals surface area contributed by atoms with Crippen molar-refractivity contribution < 1.29 is 17.9 Å². The predicted octanol–water partition coefficient (Wildman–Crippen LogP) is 1.33. The number of aryl methyl sites for hydroxylation is 1. The second kappa shape index (κ2) is 3.93. The summed E-state index contributed by atoms with van der Waals surface area (Å²) in [6.45, 7) is 1.55. The van der Waals surface area contributed by atoms with Crippen LogP contribution in [0.3, 0.4) is 0 Å². The van der Waals surface area contributed by atoms with E-state index < -0.39 is 12.2 Å². The second-order valence-electron chi connectivity index (χ2n) is 2.91. The summed E-state index contributed by atoms with van der Waals surface area (Å²) >= 11 is 0. The van der Waals surface area contributed by atoms with Crippen LogP contribution in [0, 0.1) is 6.92 Å². The van der Waals surface area contributed by atoms with Gasteiger partial charge in [0.15, 0.2) is 0 Å². The molecule has 0 aliphatic carbocycles. The van der Waals surface area contributed by atoms with Crippen molar-refractivity contribution in [2.45, 2.75) is 19.8 Å². The molecule has 0 saturated carbocycles. The Morgan fingerprint density at radius 3 is 2.53 bits per heavy atom. The van der Waals surface area contributed by atoms with Crippen LogP contribution in [-0.4, -0.2) is 11.3 Å². The van der Waals surface area contributed by atoms with Gasteiger partial charge in [0.05, 0.1) is 0 Å². The number of halogens is 3.